The lowest BCUT2D eigenvalue weighted by Crippen LogP contribution is -2.22. The summed E-state index contributed by atoms with van der Waals surface area (Å²) in [5.74, 6) is 0.193. The predicted molar refractivity (Wildman–Crippen MR) is 97.8 cm³/mol. The quantitative estimate of drug-likeness (QED) is 0.807. The van der Waals surface area contributed by atoms with E-state index in [-0.39, 0.29) is 5.91 Å². The maximum atomic E-state index is 12.3. The van der Waals surface area contributed by atoms with Gasteiger partial charge in [0.15, 0.2) is 0 Å². The van der Waals surface area contributed by atoms with Crippen molar-refractivity contribution >= 4 is 23.2 Å². The van der Waals surface area contributed by atoms with Gasteiger partial charge in [-0.15, -0.1) is 0 Å². The molecule has 24 heavy (non-hydrogen) atoms. The summed E-state index contributed by atoms with van der Waals surface area (Å²) in [5, 5.41) is 5.95. The van der Waals surface area contributed by atoms with Gasteiger partial charge in [-0.2, -0.15) is 0 Å². The molecule has 2 N–H and O–H groups in total. The Morgan fingerprint density at radius 1 is 1.08 bits per heavy atom. The standard InChI is InChI=1S/C17H24N6O/c1-22(2)12-11-19-17-18-10-9-15(21-17)16(24)20-13-5-7-14(8-6-13)23(3)4/h5-10H,11-12H2,1-4H3,(H,20,24)(H,18,19,21). The number of carbonyl (C=O) groups excluding carboxylic acids is 1. The van der Waals surface area contributed by atoms with Crippen molar-refractivity contribution in [2.45, 2.75) is 0 Å². The average Bonchev–Trinajstić information content (AvgIpc) is 2.55. The molecule has 0 spiro atoms. The number of nitrogens with one attached hydrogen (secondary N) is 2. The first-order chi connectivity index (χ1) is 11.5. The average molecular weight is 328 g/mol. The minimum atomic E-state index is -0.259. The third-order valence-corrected chi connectivity index (χ3v) is 3.37. The van der Waals surface area contributed by atoms with Crippen LogP contribution in [0.25, 0.3) is 0 Å². The van der Waals surface area contributed by atoms with Gasteiger partial charge in [0.2, 0.25) is 5.95 Å². The van der Waals surface area contributed by atoms with Crippen molar-refractivity contribution < 1.29 is 4.79 Å². The Morgan fingerprint density at radius 2 is 1.79 bits per heavy atom. The van der Waals surface area contributed by atoms with Crippen LogP contribution in [0.3, 0.4) is 0 Å². The van der Waals surface area contributed by atoms with Crippen molar-refractivity contribution in [3.05, 3.63) is 42.2 Å². The lowest BCUT2D eigenvalue weighted by molar-refractivity contribution is 0.102. The number of aromatic nitrogens is 2. The van der Waals surface area contributed by atoms with Crippen LogP contribution >= 0.6 is 0 Å². The first-order valence-electron chi connectivity index (χ1n) is 7.76. The molecule has 2 aromatic rings. The number of likely N-dealkylation sites (N-methyl/N-ethyl adjacent to an activating group) is 1. The van der Waals surface area contributed by atoms with Gasteiger partial charge < -0.3 is 20.4 Å². The monoisotopic (exact) mass is 328 g/mol. The van der Waals surface area contributed by atoms with E-state index < -0.39 is 0 Å². The second-order valence-corrected chi connectivity index (χ2v) is 5.89. The van der Waals surface area contributed by atoms with Crippen LogP contribution in [0.2, 0.25) is 0 Å². The first kappa shape index (κ1) is 17.7. The second kappa shape index (κ2) is 8.26. The molecule has 0 saturated heterocycles. The molecule has 2 rings (SSSR count). The highest BCUT2D eigenvalue weighted by atomic mass is 16.1. The zero-order valence-electron chi connectivity index (χ0n) is 14.6. The largest absolute Gasteiger partial charge is 0.378 e. The van der Waals surface area contributed by atoms with E-state index in [4.69, 9.17) is 0 Å². The Balaban J connectivity index is 1.99. The number of carbonyl (C=O) groups is 1. The summed E-state index contributed by atoms with van der Waals surface area (Å²) in [4.78, 5) is 24.8. The molecular formula is C17H24N6O. The van der Waals surface area contributed by atoms with Gasteiger partial charge in [0, 0.05) is 44.8 Å². The summed E-state index contributed by atoms with van der Waals surface area (Å²) in [6.45, 7) is 1.57. The Hall–Kier alpha value is -2.67. The highest BCUT2D eigenvalue weighted by molar-refractivity contribution is 6.03. The summed E-state index contributed by atoms with van der Waals surface area (Å²) < 4.78 is 0. The number of hydrogen-bond acceptors (Lipinski definition) is 6. The van der Waals surface area contributed by atoms with E-state index in [9.17, 15) is 4.79 Å². The summed E-state index contributed by atoms with van der Waals surface area (Å²) in [6, 6.07) is 9.23. The molecule has 0 aliphatic heterocycles. The van der Waals surface area contributed by atoms with Gasteiger partial charge in [-0.25, -0.2) is 9.97 Å². The number of rotatable bonds is 7. The fraction of sp³-hybridized carbons (Fsp3) is 0.353. The van der Waals surface area contributed by atoms with E-state index >= 15 is 0 Å². The summed E-state index contributed by atoms with van der Waals surface area (Å²) in [5.41, 5.74) is 2.13. The predicted octanol–water partition coefficient (Wildman–Crippen LogP) is 1.77. The van der Waals surface area contributed by atoms with Gasteiger partial charge in [0.05, 0.1) is 0 Å². The molecule has 1 amide bonds. The lowest BCUT2D eigenvalue weighted by atomic mass is 10.2. The molecule has 0 atom stereocenters. The molecule has 0 saturated carbocycles. The van der Waals surface area contributed by atoms with Crippen molar-refractivity contribution in [2.75, 3.05) is 56.8 Å². The third-order valence-electron chi connectivity index (χ3n) is 3.37. The molecular weight excluding hydrogens is 304 g/mol. The molecule has 7 heteroatoms. The Morgan fingerprint density at radius 3 is 2.42 bits per heavy atom. The highest BCUT2D eigenvalue weighted by Gasteiger charge is 2.09. The zero-order valence-corrected chi connectivity index (χ0v) is 14.6. The van der Waals surface area contributed by atoms with Crippen LogP contribution in [0.5, 0.6) is 0 Å². The number of amides is 1. The van der Waals surface area contributed by atoms with Gasteiger partial charge in [0.1, 0.15) is 5.69 Å². The maximum Gasteiger partial charge on any atom is 0.274 e. The Kier molecular flexibility index (Phi) is 6.08. The molecule has 128 valence electrons. The van der Waals surface area contributed by atoms with Crippen LogP contribution in [-0.2, 0) is 0 Å². The van der Waals surface area contributed by atoms with Crippen LogP contribution in [0.15, 0.2) is 36.5 Å². The molecule has 1 aromatic heterocycles. The van der Waals surface area contributed by atoms with Gasteiger partial charge in [0.25, 0.3) is 5.91 Å². The van der Waals surface area contributed by atoms with Crippen molar-refractivity contribution in [1.82, 2.24) is 14.9 Å². The molecule has 0 fully saturated rings. The van der Waals surface area contributed by atoms with Crippen molar-refractivity contribution in [1.29, 1.82) is 0 Å². The van der Waals surface area contributed by atoms with Crippen LogP contribution in [-0.4, -0.2) is 62.1 Å². The van der Waals surface area contributed by atoms with Gasteiger partial charge in [-0.05, 0) is 44.4 Å². The second-order valence-electron chi connectivity index (χ2n) is 5.89. The number of benzene rings is 1. The number of hydrogen-bond donors (Lipinski definition) is 2. The van der Waals surface area contributed by atoms with Crippen LogP contribution < -0.4 is 15.5 Å². The minimum Gasteiger partial charge on any atom is -0.378 e. The molecule has 0 aliphatic rings. The molecule has 7 nitrogen and oxygen atoms in total. The fourth-order valence-electron chi connectivity index (χ4n) is 2.00. The van der Waals surface area contributed by atoms with E-state index in [1.807, 2.05) is 57.4 Å². The van der Waals surface area contributed by atoms with Crippen molar-refractivity contribution in [3.8, 4) is 0 Å². The molecule has 0 unspecified atom stereocenters. The van der Waals surface area contributed by atoms with E-state index in [2.05, 4.69) is 25.5 Å². The van der Waals surface area contributed by atoms with Crippen LogP contribution in [0, 0.1) is 0 Å². The maximum absolute atomic E-state index is 12.3. The summed E-state index contributed by atoms with van der Waals surface area (Å²) >= 11 is 0. The normalized spacial score (nSPS) is 10.5. The minimum absolute atomic E-state index is 0.259. The third kappa shape index (κ3) is 5.20. The summed E-state index contributed by atoms with van der Waals surface area (Å²) in [7, 11) is 7.93. The van der Waals surface area contributed by atoms with Gasteiger partial charge in [-0.1, -0.05) is 0 Å². The number of anilines is 3. The molecule has 0 aliphatic carbocycles. The van der Waals surface area contributed by atoms with E-state index in [0.29, 0.717) is 18.2 Å². The zero-order chi connectivity index (χ0) is 17.5. The molecule has 0 bridgehead atoms. The van der Waals surface area contributed by atoms with Crippen molar-refractivity contribution in [3.63, 3.8) is 0 Å². The fourth-order valence-corrected chi connectivity index (χ4v) is 2.00. The molecule has 0 radical (unpaired) electrons. The van der Waals surface area contributed by atoms with Gasteiger partial charge in [-0.3, -0.25) is 4.79 Å². The van der Waals surface area contributed by atoms with E-state index in [1.165, 1.54) is 0 Å². The topological polar surface area (TPSA) is 73.4 Å². The lowest BCUT2D eigenvalue weighted by Gasteiger charge is -2.13. The van der Waals surface area contributed by atoms with E-state index in [1.54, 1.807) is 12.3 Å². The van der Waals surface area contributed by atoms with Crippen LogP contribution in [0.4, 0.5) is 17.3 Å². The van der Waals surface area contributed by atoms with Gasteiger partial charge >= 0.3 is 0 Å². The molecule has 1 heterocycles. The SMILES string of the molecule is CN(C)CCNc1nccc(C(=O)Nc2ccc(N(C)C)cc2)n1. The Labute approximate surface area is 142 Å². The summed E-state index contributed by atoms with van der Waals surface area (Å²) in [6.07, 6.45) is 1.58. The first-order valence-corrected chi connectivity index (χ1v) is 7.76. The van der Waals surface area contributed by atoms with Crippen molar-refractivity contribution in [2.24, 2.45) is 0 Å². The van der Waals surface area contributed by atoms with Crippen LogP contribution in [0.1, 0.15) is 10.5 Å². The smallest absolute Gasteiger partial charge is 0.274 e. The highest BCUT2D eigenvalue weighted by Crippen LogP contribution is 2.16. The molecule has 1 aromatic carbocycles. The van der Waals surface area contributed by atoms with E-state index in [0.717, 1.165) is 17.9 Å². The Bertz CT molecular complexity index is 669. The number of nitrogens with zero attached hydrogens (tertiary/aromatic N) is 4.